The highest BCUT2D eigenvalue weighted by molar-refractivity contribution is 6.30. The molecule has 3 rings (SSSR count). The Balaban J connectivity index is 1.77. The molecule has 0 bridgehead atoms. The third kappa shape index (κ3) is 4.57. The minimum absolute atomic E-state index is 0.0207. The van der Waals surface area contributed by atoms with Gasteiger partial charge in [0.05, 0.1) is 11.7 Å². The highest BCUT2D eigenvalue weighted by atomic mass is 35.5. The molecular formula is C21H30ClNO2. The Bertz CT molecular complexity index is 600. The number of carbonyl (C=O) groups is 1. The summed E-state index contributed by atoms with van der Waals surface area (Å²) in [7, 11) is 0. The number of amides is 1. The first kappa shape index (κ1) is 18.7. The van der Waals surface area contributed by atoms with Crippen LogP contribution in [0.1, 0.15) is 58.4 Å². The van der Waals surface area contributed by atoms with Gasteiger partial charge in [0.1, 0.15) is 0 Å². The van der Waals surface area contributed by atoms with Crippen molar-refractivity contribution in [3.8, 4) is 0 Å². The summed E-state index contributed by atoms with van der Waals surface area (Å²) in [5, 5.41) is 4.08. The minimum atomic E-state index is -0.249. The van der Waals surface area contributed by atoms with Crippen molar-refractivity contribution in [2.24, 2.45) is 11.8 Å². The predicted molar refractivity (Wildman–Crippen MR) is 102 cm³/mol. The van der Waals surface area contributed by atoms with E-state index >= 15 is 0 Å². The van der Waals surface area contributed by atoms with E-state index in [2.05, 4.69) is 24.4 Å². The van der Waals surface area contributed by atoms with E-state index in [4.69, 9.17) is 16.3 Å². The van der Waals surface area contributed by atoms with E-state index in [9.17, 15) is 4.79 Å². The second-order valence-electron chi connectivity index (χ2n) is 8.33. The molecule has 2 fully saturated rings. The smallest absolute Gasteiger partial charge is 0.222 e. The Morgan fingerprint density at radius 1 is 1.28 bits per heavy atom. The van der Waals surface area contributed by atoms with Crippen LogP contribution >= 0.6 is 11.6 Å². The largest absolute Gasteiger partial charge is 0.371 e. The molecule has 4 heteroatoms. The fourth-order valence-electron chi connectivity index (χ4n) is 4.42. The minimum Gasteiger partial charge on any atom is -0.371 e. The monoisotopic (exact) mass is 363 g/mol. The van der Waals surface area contributed by atoms with Gasteiger partial charge < -0.3 is 10.1 Å². The van der Waals surface area contributed by atoms with E-state index in [-0.39, 0.29) is 29.6 Å². The molecule has 25 heavy (non-hydrogen) atoms. The van der Waals surface area contributed by atoms with Gasteiger partial charge >= 0.3 is 0 Å². The molecule has 0 unspecified atom stereocenters. The van der Waals surface area contributed by atoms with Gasteiger partial charge in [-0.3, -0.25) is 4.79 Å². The molecular weight excluding hydrogens is 334 g/mol. The molecule has 1 saturated heterocycles. The molecule has 4 atom stereocenters. The molecule has 1 amide bonds. The number of hydrogen-bond acceptors (Lipinski definition) is 2. The average molecular weight is 364 g/mol. The molecule has 1 N–H and O–H groups in total. The zero-order valence-corrected chi connectivity index (χ0v) is 16.3. The Hall–Kier alpha value is -1.06. The maximum absolute atomic E-state index is 12.3. The molecule has 138 valence electrons. The number of hydrogen-bond donors (Lipinski definition) is 1. The van der Waals surface area contributed by atoms with E-state index in [0.717, 1.165) is 30.7 Å². The molecule has 2 aliphatic rings. The molecule has 1 aliphatic carbocycles. The number of carbonyl (C=O) groups excluding carboxylic acids is 1. The van der Waals surface area contributed by atoms with Gasteiger partial charge in [-0.15, -0.1) is 0 Å². The average Bonchev–Trinajstić information content (AvgIpc) is 2.56. The molecule has 1 aromatic rings. The van der Waals surface area contributed by atoms with Gasteiger partial charge in [0.25, 0.3) is 0 Å². The molecule has 0 aromatic heterocycles. The highest BCUT2D eigenvalue weighted by Crippen LogP contribution is 2.41. The van der Waals surface area contributed by atoms with E-state index in [1.165, 1.54) is 18.4 Å². The lowest BCUT2D eigenvalue weighted by Crippen LogP contribution is -2.58. The van der Waals surface area contributed by atoms with Crippen LogP contribution in [0, 0.1) is 11.8 Å². The Kier molecular flexibility index (Phi) is 5.75. The van der Waals surface area contributed by atoms with Crippen LogP contribution in [0.15, 0.2) is 24.3 Å². The third-order valence-corrected chi connectivity index (χ3v) is 5.95. The van der Waals surface area contributed by atoms with E-state index in [0.29, 0.717) is 5.92 Å². The number of ether oxygens (including phenoxy) is 1. The maximum Gasteiger partial charge on any atom is 0.222 e. The zero-order chi connectivity index (χ0) is 18.0. The van der Waals surface area contributed by atoms with Gasteiger partial charge in [0.15, 0.2) is 0 Å². The third-order valence-electron chi connectivity index (χ3n) is 5.70. The van der Waals surface area contributed by atoms with Crippen molar-refractivity contribution in [3.63, 3.8) is 0 Å². The Morgan fingerprint density at radius 2 is 1.96 bits per heavy atom. The summed E-state index contributed by atoms with van der Waals surface area (Å²) in [6.45, 7) is 6.11. The van der Waals surface area contributed by atoms with Crippen LogP contribution in [0.25, 0.3) is 0 Å². The molecule has 1 saturated carbocycles. The summed E-state index contributed by atoms with van der Waals surface area (Å²) in [6.07, 6.45) is 6.71. The lowest BCUT2D eigenvalue weighted by atomic mass is 9.73. The summed E-state index contributed by atoms with van der Waals surface area (Å²) in [5.74, 6) is 0.632. The Labute approximate surface area is 156 Å². The second-order valence-corrected chi connectivity index (χ2v) is 8.77. The first-order valence-corrected chi connectivity index (χ1v) is 9.97. The maximum atomic E-state index is 12.3. The van der Waals surface area contributed by atoms with Gasteiger partial charge in [-0.1, -0.05) is 50.4 Å². The van der Waals surface area contributed by atoms with Gasteiger partial charge in [-0.25, -0.2) is 0 Å². The summed E-state index contributed by atoms with van der Waals surface area (Å²) in [6, 6.07) is 8.23. The summed E-state index contributed by atoms with van der Waals surface area (Å²) in [4.78, 5) is 12.3. The molecule has 0 spiro atoms. The zero-order valence-electron chi connectivity index (χ0n) is 15.6. The number of benzene rings is 1. The van der Waals surface area contributed by atoms with Gasteiger partial charge in [-0.05, 0) is 43.9 Å². The standard InChI is InChI=1S/C21H30ClNO2/c1-14(2)20(24)23-18-13-21(3,12-15-8-10-16(22)11-9-15)25-19-7-5-4-6-17(18)19/h8-11,14,17-19H,4-7,12-13H2,1-3H3,(H,23,24)/t17-,18+,19+,21-/m0/s1. The van der Waals surface area contributed by atoms with Crippen LogP contribution in [0.2, 0.25) is 5.02 Å². The number of rotatable bonds is 4. The first-order valence-electron chi connectivity index (χ1n) is 9.59. The lowest BCUT2D eigenvalue weighted by molar-refractivity contribution is -0.168. The topological polar surface area (TPSA) is 38.3 Å². The van der Waals surface area contributed by atoms with E-state index in [1.807, 2.05) is 26.0 Å². The van der Waals surface area contributed by atoms with Crippen LogP contribution in [0.4, 0.5) is 0 Å². The summed E-state index contributed by atoms with van der Waals surface area (Å²) < 4.78 is 6.60. The van der Waals surface area contributed by atoms with Crippen molar-refractivity contribution in [2.75, 3.05) is 0 Å². The Morgan fingerprint density at radius 3 is 2.64 bits per heavy atom. The van der Waals surface area contributed by atoms with Gasteiger partial charge in [-0.2, -0.15) is 0 Å². The van der Waals surface area contributed by atoms with E-state index in [1.54, 1.807) is 0 Å². The predicted octanol–water partition coefficient (Wildman–Crippen LogP) is 4.76. The van der Waals surface area contributed by atoms with Crippen LogP contribution < -0.4 is 5.32 Å². The van der Waals surface area contributed by atoms with Crippen molar-refractivity contribution < 1.29 is 9.53 Å². The van der Waals surface area contributed by atoms with Gasteiger partial charge in [0.2, 0.25) is 5.91 Å². The quantitative estimate of drug-likeness (QED) is 0.837. The van der Waals surface area contributed by atoms with Crippen molar-refractivity contribution in [1.82, 2.24) is 5.32 Å². The molecule has 1 heterocycles. The summed E-state index contributed by atoms with van der Waals surface area (Å²) >= 11 is 6.01. The number of halogens is 1. The van der Waals surface area contributed by atoms with Crippen molar-refractivity contribution in [1.29, 1.82) is 0 Å². The molecule has 1 aliphatic heterocycles. The van der Waals surface area contributed by atoms with Crippen LogP contribution in [-0.4, -0.2) is 23.7 Å². The summed E-state index contributed by atoms with van der Waals surface area (Å²) in [5.41, 5.74) is 0.983. The van der Waals surface area contributed by atoms with Crippen molar-refractivity contribution in [2.45, 2.75) is 77.0 Å². The van der Waals surface area contributed by atoms with Crippen LogP contribution in [0.3, 0.4) is 0 Å². The van der Waals surface area contributed by atoms with Crippen LogP contribution in [0.5, 0.6) is 0 Å². The van der Waals surface area contributed by atoms with Crippen molar-refractivity contribution in [3.05, 3.63) is 34.9 Å². The van der Waals surface area contributed by atoms with Gasteiger partial charge in [0, 0.05) is 29.3 Å². The van der Waals surface area contributed by atoms with Crippen molar-refractivity contribution >= 4 is 17.5 Å². The first-order chi connectivity index (χ1) is 11.9. The number of fused-ring (bicyclic) bond motifs is 1. The number of nitrogens with one attached hydrogen (secondary N) is 1. The fraction of sp³-hybridized carbons (Fsp3) is 0.667. The molecule has 3 nitrogen and oxygen atoms in total. The fourth-order valence-corrected chi connectivity index (χ4v) is 4.54. The highest BCUT2D eigenvalue weighted by Gasteiger charge is 2.45. The SMILES string of the molecule is CC(C)C(=O)N[C@@H]1C[C@](C)(Cc2ccc(Cl)cc2)O[C@@H]2CCCC[C@@H]12. The van der Waals surface area contributed by atoms with Crippen LogP contribution in [-0.2, 0) is 16.0 Å². The lowest BCUT2D eigenvalue weighted by Gasteiger charge is -2.50. The molecule has 0 radical (unpaired) electrons. The molecule has 1 aromatic carbocycles. The van der Waals surface area contributed by atoms with E-state index < -0.39 is 0 Å². The second kappa shape index (κ2) is 7.67. The normalized spacial score (nSPS) is 32.3.